The Hall–Kier alpha value is -3.15. The van der Waals surface area contributed by atoms with Gasteiger partial charge in [-0.15, -0.1) is 0 Å². The van der Waals surface area contributed by atoms with Gasteiger partial charge in [-0.25, -0.2) is 22.5 Å². The molecule has 1 fully saturated rings. The summed E-state index contributed by atoms with van der Waals surface area (Å²) < 4.78 is 58.4. The number of alkyl halides is 2. The number of nitrogen functional groups attached to an aromatic ring is 1. The number of aryl methyl sites for hydroxylation is 1. The van der Waals surface area contributed by atoms with Gasteiger partial charge in [0.05, 0.1) is 18.3 Å². The standard InChI is InChI=1S/C21H22F4N6OS/c1-11-6-7-31(10-21(24,25)8-11)20-14(9-27-30(20)2)28-18(32)16-17(26)33-19(29-16)15-12(22)4-3-5-13(15)23/h3-5,9,11H,6-8,10,26H2,1-2H3,(H,28,32)/t11-/m1/s1. The number of hydrogen-bond donors (Lipinski definition) is 2. The SMILES string of the molecule is C[C@@H]1CCN(c2c(NC(=O)c3nc(-c4c(F)cccc4F)sc3N)cnn2C)CC(F)(F)C1. The van der Waals surface area contributed by atoms with E-state index in [-0.39, 0.29) is 39.3 Å². The average molecular weight is 483 g/mol. The van der Waals surface area contributed by atoms with Crippen LogP contribution in [0.3, 0.4) is 0 Å². The third-order valence-corrected chi connectivity index (χ3v) is 6.36. The van der Waals surface area contributed by atoms with Crippen LogP contribution >= 0.6 is 11.3 Å². The molecule has 12 heteroatoms. The van der Waals surface area contributed by atoms with Crippen LogP contribution in [0.2, 0.25) is 0 Å². The molecule has 0 unspecified atom stereocenters. The third-order valence-electron chi connectivity index (χ3n) is 5.46. The van der Waals surface area contributed by atoms with Gasteiger partial charge in [0.25, 0.3) is 11.8 Å². The van der Waals surface area contributed by atoms with Crippen LogP contribution in [-0.2, 0) is 7.05 Å². The summed E-state index contributed by atoms with van der Waals surface area (Å²) in [6, 6.07) is 3.38. The van der Waals surface area contributed by atoms with Gasteiger partial charge in [-0.05, 0) is 24.5 Å². The van der Waals surface area contributed by atoms with E-state index in [0.717, 1.165) is 23.5 Å². The molecule has 3 N–H and O–H groups in total. The highest BCUT2D eigenvalue weighted by Gasteiger charge is 2.38. The number of amides is 1. The molecular weight excluding hydrogens is 460 g/mol. The molecule has 1 saturated heterocycles. The molecule has 1 aliphatic heterocycles. The molecule has 0 saturated carbocycles. The Morgan fingerprint density at radius 2 is 2.00 bits per heavy atom. The Labute approximate surface area is 191 Å². The number of hydrogen-bond acceptors (Lipinski definition) is 6. The fraction of sp³-hybridized carbons (Fsp3) is 0.381. The molecule has 0 bridgehead atoms. The second kappa shape index (κ2) is 8.65. The number of anilines is 3. The minimum atomic E-state index is -2.89. The Morgan fingerprint density at radius 3 is 2.70 bits per heavy atom. The monoisotopic (exact) mass is 482 g/mol. The number of rotatable bonds is 4. The van der Waals surface area contributed by atoms with Gasteiger partial charge in [0, 0.05) is 20.0 Å². The van der Waals surface area contributed by atoms with Crippen LogP contribution in [0.5, 0.6) is 0 Å². The summed E-state index contributed by atoms with van der Waals surface area (Å²) in [7, 11) is 1.59. The van der Waals surface area contributed by atoms with E-state index in [1.165, 1.54) is 21.8 Å². The number of nitrogens with one attached hydrogen (secondary N) is 1. The smallest absolute Gasteiger partial charge is 0.277 e. The van der Waals surface area contributed by atoms with Gasteiger partial charge in [0.1, 0.15) is 27.3 Å². The molecule has 0 radical (unpaired) electrons. The second-order valence-electron chi connectivity index (χ2n) is 8.16. The minimum Gasteiger partial charge on any atom is -0.389 e. The number of benzene rings is 1. The molecule has 0 spiro atoms. The van der Waals surface area contributed by atoms with Gasteiger partial charge in [0.15, 0.2) is 11.5 Å². The molecule has 0 aliphatic carbocycles. The molecule has 4 rings (SSSR count). The topological polar surface area (TPSA) is 89.1 Å². The number of thiazole rings is 1. The first-order chi connectivity index (χ1) is 15.6. The number of aromatic nitrogens is 3. The number of nitrogens with two attached hydrogens (primary N) is 1. The summed E-state index contributed by atoms with van der Waals surface area (Å²) in [6.45, 7) is 1.65. The van der Waals surface area contributed by atoms with Crippen molar-refractivity contribution in [2.75, 3.05) is 29.0 Å². The molecule has 33 heavy (non-hydrogen) atoms. The van der Waals surface area contributed by atoms with Crippen molar-refractivity contribution in [2.45, 2.75) is 25.7 Å². The van der Waals surface area contributed by atoms with Crippen LogP contribution in [0.1, 0.15) is 30.3 Å². The Balaban J connectivity index is 1.62. The Kier molecular flexibility index (Phi) is 6.04. The fourth-order valence-electron chi connectivity index (χ4n) is 3.97. The number of carbonyl (C=O) groups excluding carboxylic acids is 1. The van der Waals surface area contributed by atoms with E-state index in [0.29, 0.717) is 18.8 Å². The van der Waals surface area contributed by atoms with E-state index in [1.807, 2.05) is 0 Å². The Morgan fingerprint density at radius 1 is 1.30 bits per heavy atom. The minimum absolute atomic E-state index is 0.0364. The van der Waals surface area contributed by atoms with Gasteiger partial charge in [0.2, 0.25) is 0 Å². The lowest BCUT2D eigenvalue weighted by Gasteiger charge is -2.27. The van der Waals surface area contributed by atoms with Crippen LogP contribution in [0, 0.1) is 17.6 Å². The largest absolute Gasteiger partial charge is 0.389 e. The zero-order valence-corrected chi connectivity index (χ0v) is 18.7. The quantitative estimate of drug-likeness (QED) is 0.534. The molecule has 1 amide bonds. The molecule has 3 aromatic rings. The highest BCUT2D eigenvalue weighted by atomic mass is 32.1. The van der Waals surface area contributed by atoms with E-state index in [4.69, 9.17) is 5.73 Å². The molecule has 1 aliphatic rings. The summed E-state index contributed by atoms with van der Waals surface area (Å²) in [5, 5.41) is 6.59. The van der Waals surface area contributed by atoms with E-state index in [1.54, 1.807) is 14.0 Å². The van der Waals surface area contributed by atoms with Crippen LogP contribution in [0.4, 0.5) is 34.1 Å². The molecule has 2 aromatic heterocycles. The van der Waals surface area contributed by atoms with Crippen molar-refractivity contribution < 1.29 is 22.4 Å². The summed E-state index contributed by atoms with van der Waals surface area (Å²) in [5.74, 6) is -5.12. The molecule has 7 nitrogen and oxygen atoms in total. The normalized spacial score (nSPS) is 18.2. The van der Waals surface area contributed by atoms with Gasteiger partial charge >= 0.3 is 0 Å². The van der Waals surface area contributed by atoms with Gasteiger partial charge in [-0.1, -0.05) is 24.3 Å². The first-order valence-electron chi connectivity index (χ1n) is 10.2. The van der Waals surface area contributed by atoms with Crippen molar-refractivity contribution in [2.24, 2.45) is 13.0 Å². The third kappa shape index (κ3) is 4.65. The summed E-state index contributed by atoms with van der Waals surface area (Å²) in [4.78, 5) is 18.4. The maximum atomic E-state index is 14.4. The lowest BCUT2D eigenvalue weighted by Crippen LogP contribution is -2.37. The lowest BCUT2D eigenvalue weighted by molar-refractivity contribution is -0.00698. The van der Waals surface area contributed by atoms with E-state index in [2.05, 4.69) is 15.4 Å². The van der Waals surface area contributed by atoms with Crippen LogP contribution < -0.4 is 16.0 Å². The van der Waals surface area contributed by atoms with E-state index in [9.17, 15) is 22.4 Å². The summed E-state index contributed by atoms with van der Waals surface area (Å²) in [5.41, 5.74) is 5.52. The zero-order chi connectivity index (χ0) is 23.9. The van der Waals surface area contributed by atoms with Crippen molar-refractivity contribution in [3.05, 3.63) is 41.7 Å². The Bertz CT molecular complexity index is 1170. The van der Waals surface area contributed by atoms with Gasteiger partial charge in [-0.2, -0.15) is 5.10 Å². The van der Waals surface area contributed by atoms with Gasteiger partial charge < -0.3 is 16.0 Å². The summed E-state index contributed by atoms with van der Waals surface area (Å²) in [6.07, 6.45) is 1.69. The van der Waals surface area contributed by atoms with Crippen molar-refractivity contribution in [1.82, 2.24) is 14.8 Å². The van der Waals surface area contributed by atoms with Crippen LogP contribution in [0.25, 0.3) is 10.6 Å². The predicted octanol–water partition coefficient (Wildman–Crippen LogP) is 4.53. The molecular formula is C21H22F4N6OS. The number of nitrogens with zero attached hydrogens (tertiary/aromatic N) is 4. The molecule has 1 atom stereocenters. The van der Waals surface area contributed by atoms with Crippen LogP contribution in [0.15, 0.2) is 24.4 Å². The zero-order valence-electron chi connectivity index (χ0n) is 17.9. The van der Waals surface area contributed by atoms with Crippen molar-refractivity contribution >= 4 is 33.8 Å². The first kappa shape index (κ1) is 23.0. The first-order valence-corrected chi connectivity index (χ1v) is 11.0. The maximum absolute atomic E-state index is 14.4. The molecule has 176 valence electrons. The van der Waals surface area contributed by atoms with E-state index >= 15 is 0 Å². The van der Waals surface area contributed by atoms with Crippen LogP contribution in [-0.4, -0.2) is 39.7 Å². The second-order valence-corrected chi connectivity index (χ2v) is 9.19. The van der Waals surface area contributed by atoms with Crippen molar-refractivity contribution in [1.29, 1.82) is 0 Å². The fourth-order valence-corrected chi connectivity index (χ4v) is 4.85. The number of halogens is 4. The lowest BCUT2D eigenvalue weighted by atomic mass is 10.0. The molecule has 3 heterocycles. The van der Waals surface area contributed by atoms with Gasteiger partial charge in [-0.3, -0.25) is 9.48 Å². The average Bonchev–Trinajstić information content (AvgIpc) is 3.23. The molecule has 1 aromatic carbocycles. The maximum Gasteiger partial charge on any atom is 0.277 e. The summed E-state index contributed by atoms with van der Waals surface area (Å²) >= 11 is 0.770. The predicted molar refractivity (Wildman–Crippen MR) is 119 cm³/mol. The van der Waals surface area contributed by atoms with Crippen molar-refractivity contribution in [3.63, 3.8) is 0 Å². The van der Waals surface area contributed by atoms with Crippen molar-refractivity contribution in [3.8, 4) is 10.6 Å². The van der Waals surface area contributed by atoms with E-state index < -0.39 is 30.0 Å². The number of carbonyl (C=O) groups is 1. The highest BCUT2D eigenvalue weighted by molar-refractivity contribution is 7.19. The highest BCUT2D eigenvalue weighted by Crippen LogP contribution is 2.36.